The van der Waals surface area contributed by atoms with Crippen LogP contribution in [0.1, 0.15) is 54.4 Å². The Balaban J connectivity index is 1.64. The number of carbonyl (C=O) groups excluding carboxylic acids is 1. The van der Waals surface area contributed by atoms with E-state index in [1.54, 1.807) is 6.92 Å². The fraction of sp³-hybridized carbons (Fsp3) is 0.381. The summed E-state index contributed by atoms with van der Waals surface area (Å²) >= 11 is 0. The molecule has 0 amide bonds. The van der Waals surface area contributed by atoms with E-state index in [1.807, 2.05) is 24.3 Å². The van der Waals surface area contributed by atoms with Crippen molar-refractivity contribution >= 4 is 11.6 Å². The Morgan fingerprint density at radius 1 is 1.28 bits per heavy atom. The molecule has 0 bridgehead atoms. The average molecular weight is 401 g/mol. The van der Waals surface area contributed by atoms with Crippen molar-refractivity contribution in [3.05, 3.63) is 58.0 Å². The molecular formula is C21H21F2N3O3. The summed E-state index contributed by atoms with van der Waals surface area (Å²) in [6, 6.07) is 8.93. The zero-order chi connectivity index (χ0) is 20.6. The lowest BCUT2D eigenvalue weighted by Crippen LogP contribution is -2.23. The molecule has 1 aliphatic rings. The molecule has 152 valence electrons. The van der Waals surface area contributed by atoms with Crippen molar-refractivity contribution in [1.29, 1.82) is 0 Å². The number of rotatable bonds is 4. The highest BCUT2D eigenvalue weighted by molar-refractivity contribution is 5.95. The maximum atomic E-state index is 13.4. The maximum absolute atomic E-state index is 13.4. The smallest absolute Gasteiger partial charge is 0.343 e. The van der Waals surface area contributed by atoms with Gasteiger partial charge in [-0.1, -0.05) is 24.3 Å². The highest BCUT2D eigenvalue weighted by Gasteiger charge is 2.35. The molecule has 1 aliphatic carbocycles. The third-order valence-electron chi connectivity index (χ3n) is 5.40. The molecule has 1 saturated carbocycles. The SMILES string of the molecule is CCOC(=O)c1cnn2c(=O)cc(-c3ccc(C4CCC(F)(F)CC4)cc3)[nH]c12. The molecule has 1 aromatic carbocycles. The Morgan fingerprint density at radius 2 is 1.97 bits per heavy atom. The fourth-order valence-corrected chi connectivity index (χ4v) is 3.81. The number of esters is 1. The third-order valence-corrected chi connectivity index (χ3v) is 5.40. The average Bonchev–Trinajstić information content (AvgIpc) is 3.13. The Labute approximate surface area is 165 Å². The van der Waals surface area contributed by atoms with Gasteiger partial charge in [0, 0.05) is 18.9 Å². The van der Waals surface area contributed by atoms with E-state index in [0.29, 0.717) is 18.5 Å². The molecule has 3 aromatic rings. The summed E-state index contributed by atoms with van der Waals surface area (Å²) in [5, 5.41) is 3.95. The number of hydrogen-bond acceptors (Lipinski definition) is 4. The maximum Gasteiger partial charge on any atom is 0.343 e. The zero-order valence-corrected chi connectivity index (χ0v) is 16.0. The van der Waals surface area contributed by atoms with Crippen molar-refractivity contribution in [2.24, 2.45) is 0 Å². The summed E-state index contributed by atoms with van der Waals surface area (Å²) in [6.07, 6.45) is 2.07. The number of benzene rings is 1. The molecule has 6 nitrogen and oxygen atoms in total. The van der Waals surface area contributed by atoms with Crippen molar-refractivity contribution < 1.29 is 18.3 Å². The van der Waals surface area contributed by atoms with Gasteiger partial charge in [-0.05, 0) is 36.8 Å². The van der Waals surface area contributed by atoms with E-state index in [-0.39, 0.29) is 42.1 Å². The summed E-state index contributed by atoms with van der Waals surface area (Å²) in [6.45, 7) is 1.92. The first kappa shape index (κ1) is 19.3. The number of ether oxygens (including phenoxy) is 1. The van der Waals surface area contributed by atoms with Crippen LogP contribution in [0.3, 0.4) is 0 Å². The standard InChI is InChI=1S/C21H21F2N3O3/c1-2-29-20(28)16-12-24-26-18(27)11-17(25-19(16)26)15-5-3-13(4-6-15)14-7-9-21(22,23)10-8-14/h3-6,11-12,14,25H,2,7-10H2,1H3. The molecule has 4 rings (SSSR count). The number of halogens is 2. The first-order valence-electron chi connectivity index (χ1n) is 9.64. The van der Waals surface area contributed by atoms with Crippen molar-refractivity contribution in [2.45, 2.75) is 44.4 Å². The number of alkyl halides is 2. The van der Waals surface area contributed by atoms with Crippen LogP contribution in [0.25, 0.3) is 16.9 Å². The highest BCUT2D eigenvalue weighted by Crippen LogP contribution is 2.41. The number of fused-ring (bicyclic) bond motifs is 1. The van der Waals surface area contributed by atoms with Crippen molar-refractivity contribution in [1.82, 2.24) is 14.6 Å². The van der Waals surface area contributed by atoms with Crippen LogP contribution < -0.4 is 5.56 Å². The summed E-state index contributed by atoms with van der Waals surface area (Å²) in [5.41, 5.74) is 2.39. The molecule has 2 aromatic heterocycles. The lowest BCUT2D eigenvalue weighted by Gasteiger charge is -2.28. The molecule has 8 heteroatoms. The van der Waals surface area contributed by atoms with Gasteiger partial charge in [-0.25, -0.2) is 13.6 Å². The third kappa shape index (κ3) is 3.79. The van der Waals surface area contributed by atoms with Gasteiger partial charge in [0.1, 0.15) is 5.56 Å². The van der Waals surface area contributed by atoms with E-state index >= 15 is 0 Å². The molecule has 0 aliphatic heterocycles. The van der Waals surface area contributed by atoms with Gasteiger partial charge in [0.25, 0.3) is 5.56 Å². The molecule has 2 heterocycles. The molecule has 0 spiro atoms. The number of nitrogens with one attached hydrogen (secondary N) is 1. The number of hydrogen-bond donors (Lipinski definition) is 1. The molecule has 1 N–H and O–H groups in total. The Hall–Kier alpha value is -3.03. The van der Waals surface area contributed by atoms with Crippen LogP contribution in [-0.4, -0.2) is 33.1 Å². The first-order chi connectivity index (χ1) is 13.9. The minimum Gasteiger partial charge on any atom is -0.462 e. The molecule has 29 heavy (non-hydrogen) atoms. The first-order valence-corrected chi connectivity index (χ1v) is 9.64. The van der Waals surface area contributed by atoms with Gasteiger partial charge in [0.05, 0.1) is 18.5 Å². The lowest BCUT2D eigenvalue weighted by molar-refractivity contribution is -0.0382. The molecule has 1 fully saturated rings. The fourth-order valence-electron chi connectivity index (χ4n) is 3.81. The molecule has 0 saturated heterocycles. The summed E-state index contributed by atoms with van der Waals surface area (Å²) in [5.74, 6) is -2.98. The number of carbonyl (C=O) groups is 1. The van der Waals surface area contributed by atoms with Crippen molar-refractivity contribution in [3.63, 3.8) is 0 Å². The van der Waals surface area contributed by atoms with Crippen LogP contribution in [0.15, 0.2) is 41.3 Å². The Kier molecular flexibility index (Phi) is 4.94. The monoisotopic (exact) mass is 401 g/mol. The van der Waals surface area contributed by atoms with Crippen molar-refractivity contribution in [3.8, 4) is 11.3 Å². The van der Waals surface area contributed by atoms with Gasteiger partial charge in [0.15, 0.2) is 5.65 Å². The van der Waals surface area contributed by atoms with E-state index in [4.69, 9.17) is 4.74 Å². The van der Waals surface area contributed by atoms with E-state index < -0.39 is 11.9 Å². The molecule has 0 atom stereocenters. The molecular weight excluding hydrogens is 380 g/mol. The van der Waals surface area contributed by atoms with E-state index in [9.17, 15) is 18.4 Å². The predicted molar refractivity (Wildman–Crippen MR) is 103 cm³/mol. The summed E-state index contributed by atoms with van der Waals surface area (Å²) < 4.78 is 32.9. The van der Waals surface area contributed by atoms with Gasteiger partial charge < -0.3 is 9.72 Å². The minimum atomic E-state index is -2.55. The van der Waals surface area contributed by atoms with Crippen LogP contribution >= 0.6 is 0 Å². The number of nitrogens with zero attached hydrogens (tertiary/aromatic N) is 2. The highest BCUT2D eigenvalue weighted by atomic mass is 19.3. The second-order valence-corrected chi connectivity index (χ2v) is 7.31. The van der Waals surface area contributed by atoms with Crippen molar-refractivity contribution in [2.75, 3.05) is 6.61 Å². The van der Waals surface area contributed by atoms with Gasteiger partial charge in [-0.3, -0.25) is 4.79 Å². The molecule has 0 unspecified atom stereocenters. The van der Waals surface area contributed by atoms with Crippen LogP contribution in [0, 0.1) is 0 Å². The second-order valence-electron chi connectivity index (χ2n) is 7.31. The van der Waals surface area contributed by atoms with Gasteiger partial charge in [0.2, 0.25) is 5.92 Å². The summed E-state index contributed by atoms with van der Waals surface area (Å²) in [4.78, 5) is 27.6. The second kappa shape index (κ2) is 7.42. The number of aromatic nitrogens is 3. The largest absolute Gasteiger partial charge is 0.462 e. The zero-order valence-electron chi connectivity index (χ0n) is 16.0. The predicted octanol–water partition coefficient (Wildman–Crippen LogP) is 4.16. The Bertz CT molecular complexity index is 1090. The minimum absolute atomic E-state index is 0.0821. The summed E-state index contributed by atoms with van der Waals surface area (Å²) in [7, 11) is 0. The van der Waals surface area contributed by atoms with Crippen LogP contribution in [-0.2, 0) is 4.74 Å². The number of aromatic amines is 1. The van der Waals surface area contributed by atoms with Crippen LogP contribution in [0.4, 0.5) is 8.78 Å². The van der Waals surface area contributed by atoms with Gasteiger partial charge in [-0.15, -0.1) is 0 Å². The van der Waals surface area contributed by atoms with E-state index in [0.717, 1.165) is 15.6 Å². The Morgan fingerprint density at radius 3 is 2.62 bits per heavy atom. The van der Waals surface area contributed by atoms with Gasteiger partial charge in [-0.2, -0.15) is 9.61 Å². The quantitative estimate of drug-likeness (QED) is 0.666. The molecule has 0 radical (unpaired) electrons. The number of H-pyrrole nitrogens is 1. The van der Waals surface area contributed by atoms with Gasteiger partial charge >= 0.3 is 5.97 Å². The topological polar surface area (TPSA) is 76.5 Å². The lowest BCUT2D eigenvalue weighted by atomic mass is 9.82. The van der Waals surface area contributed by atoms with E-state index in [1.165, 1.54) is 12.3 Å². The van der Waals surface area contributed by atoms with Crippen LogP contribution in [0.2, 0.25) is 0 Å². The van der Waals surface area contributed by atoms with Crippen LogP contribution in [0.5, 0.6) is 0 Å². The normalized spacial score (nSPS) is 16.8. The van der Waals surface area contributed by atoms with E-state index in [2.05, 4.69) is 10.1 Å².